The molecule has 1 amide bonds. The Morgan fingerprint density at radius 1 is 1.08 bits per heavy atom. The maximum Gasteiger partial charge on any atom is 0.261 e. The molecular formula is C25H29N9O2. The Morgan fingerprint density at radius 3 is 2.47 bits per heavy atom. The Morgan fingerprint density at radius 2 is 1.83 bits per heavy atom. The number of hydrogen-bond donors (Lipinski definition) is 2. The minimum Gasteiger partial charge on any atom is -0.368 e. The van der Waals surface area contributed by atoms with Crippen molar-refractivity contribution in [1.29, 1.82) is 0 Å². The van der Waals surface area contributed by atoms with Crippen LogP contribution >= 0.6 is 0 Å². The van der Waals surface area contributed by atoms with Gasteiger partial charge in [0, 0.05) is 35.9 Å². The number of hydrogen-bond acceptors (Lipinski definition) is 9. The van der Waals surface area contributed by atoms with Gasteiger partial charge >= 0.3 is 0 Å². The third kappa shape index (κ3) is 4.81. The van der Waals surface area contributed by atoms with Crippen LogP contribution in [-0.2, 0) is 16.8 Å². The van der Waals surface area contributed by atoms with Crippen molar-refractivity contribution in [1.82, 2.24) is 40.2 Å². The topological polar surface area (TPSA) is 151 Å². The smallest absolute Gasteiger partial charge is 0.261 e. The number of nitrogens with two attached hydrogens (primary N) is 1. The number of amides is 1. The molecule has 186 valence electrons. The van der Waals surface area contributed by atoms with Crippen molar-refractivity contribution in [2.24, 2.45) is 5.92 Å². The van der Waals surface area contributed by atoms with E-state index in [4.69, 9.17) is 15.2 Å². The molecular weight excluding hydrogens is 458 g/mol. The Hall–Kier alpha value is -4.15. The summed E-state index contributed by atoms with van der Waals surface area (Å²) in [5, 5.41) is 11.6. The molecule has 1 aliphatic rings. The minimum absolute atomic E-state index is 0.106. The summed E-state index contributed by atoms with van der Waals surface area (Å²) < 4.78 is 7.20. The number of nitrogens with one attached hydrogen (secondary N) is 1. The molecule has 5 rings (SSSR count). The highest BCUT2D eigenvalue weighted by atomic mass is 16.5. The largest absolute Gasteiger partial charge is 0.368 e. The van der Waals surface area contributed by atoms with E-state index in [-0.39, 0.29) is 23.9 Å². The van der Waals surface area contributed by atoms with Crippen LogP contribution in [0.5, 0.6) is 0 Å². The standard InChI is InChI=1S/C25H29N9O2/c1-24(2,3)32-20(35)14-34-13-16(11-30-34)21-31-22(33-36-21)25(4,17-5-6-17)18-7-8-19(27-12-18)15-9-28-23(26)29-10-15/h7-13,17H,5-6,14H2,1-4H3,(H,32,35)(H2,26,28,29). The Balaban J connectivity index is 1.37. The average Bonchev–Trinajstić information content (AvgIpc) is 3.39. The summed E-state index contributed by atoms with van der Waals surface area (Å²) in [5.74, 6) is 1.46. The van der Waals surface area contributed by atoms with E-state index in [9.17, 15) is 4.79 Å². The molecule has 3 N–H and O–H groups in total. The number of nitrogens with zero attached hydrogens (tertiary/aromatic N) is 7. The highest BCUT2D eigenvalue weighted by molar-refractivity contribution is 5.76. The van der Waals surface area contributed by atoms with Gasteiger partial charge in [-0.3, -0.25) is 14.5 Å². The molecule has 1 aliphatic carbocycles. The van der Waals surface area contributed by atoms with Gasteiger partial charge in [-0.2, -0.15) is 10.1 Å². The van der Waals surface area contributed by atoms with Crippen LogP contribution in [0.4, 0.5) is 5.95 Å². The summed E-state index contributed by atoms with van der Waals surface area (Å²) in [6, 6.07) is 3.98. The van der Waals surface area contributed by atoms with Gasteiger partial charge in [0.2, 0.25) is 11.9 Å². The molecule has 1 fully saturated rings. The fourth-order valence-electron chi connectivity index (χ4n) is 4.27. The zero-order valence-corrected chi connectivity index (χ0v) is 20.8. The van der Waals surface area contributed by atoms with E-state index in [1.165, 1.54) is 0 Å². The molecule has 0 radical (unpaired) electrons. The van der Waals surface area contributed by atoms with Crippen LogP contribution in [0, 0.1) is 5.92 Å². The monoisotopic (exact) mass is 487 g/mol. The molecule has 1 atom stereocenters. The third-order valence-corrected chi connectivity index (χ3v) is 6.32. The summed E-state index contributed by atoms with van der Waals surface area (Å²) in [7, 11) is 0. The van der Waals surface area contributed by atoms with Crippen molar-refractivity contribution in [3.8, 4) is 22.7 Å². The number of nitrogen functional groups attached to an aromatic ring is 1. The molecule has 0 saturated heterocycles. The number of aromatic nitrogens is 7. The van der Waals surface area contributed by atoms with Gasteiger partial charge in [-0.05, 0) is 58.1 Å². The molecule has 1 unspecified atom stereocenters. The average molecular weight is 488 g/mol. The van der Waals surface area contributed by atoms with E-state index in [1.807, 2.05) is 39.1 Å². The number of rotatable bonds is 7. The van der Waals surface area contributed by atoms with Crippen molar-refractivity contribution in [2.45, 2.75) is 58.0 Å². The van der Waals surface area contributed by atoms with E-state index < -0.39 is 5.41 Å². The van der Waals surface area contributed by atoms with Gasteiger partial charge in [0.25, 0.3) is 5.89 Å². The van der Waals surface area contributed by atoms with Gasteiger partial charge in [0.05, 0.1) is 22.9 Å². The van der Waals surface area contributed by atoms with E-state index in [0.29, 0.717) is 23.2 Å². The van der Waals surface area contributed by atoms with Crippen LogP contribution in [0.1, 0.15) is 51.9 Å². The summed E-state index contributed by atoms with van der Waals surface area (Å²) in [6.07, 6.45) is 10.7. The van der Waals surface area contributed by atoms with Gasteiger partial charge in [0.15, 0.2) is 5.82 Å². The van der Waals surface area contributed by atoms with Gasteiger partial charge in [0.1, 0.15) is 6.54 Å². The van der Waals surface area contributed by atoms with E-state index >= 15 is 0 Å². The van der Waals surface area contributed by atoms with E-state index in [0.717, 1.165) is 29.7 Å². The van der Waals surface area contributed by atoms with Crippen LogP contribution in [0.25, 0.3) is 22.7 Å². The van der Waals surface area contributed by atoms with Crippen molar-refractivity contribution in [3.05, 3.63) is 54.5 Å². The van der Waals surface area contributed by atoms with Gasteiger partial charge in [-0.1, -0.05) is 11.2 Å². The summed E-state index contributed by atoms with van der Waals surface area (Å²) >= 11 is 0. The Kier molecular flexibility index (Phi) is 5.77. The summed E-state index contributed by atoms with van der Waals surface area (Å²) in [4.78, 5) is 29.7. The Bertz CT molecular complexity index is 1370. The first kappa shape index (κ1) is 23.6. The quantitative estimate of drug-likeness (QED) is 0.401. The van der Waals surface area contributed by atoms with Crippen molar-refractivity contribution in [2.75, 3.05) is 5.73 Å². The van der Waals surface area contributed by atoms with Gasteiger partial charge < -0.3 is 15.6 Å². The fraction of sp³-hybridized carbons (Fsp3) is 0.400. The fourth-order valence-corrected chi connectivity index (χ4v) is 4.27. The SMILES string of the molecule is CC(C)(C)NC(=O)Cn1cc(-c2nc(C(C)(c3ccc(-c4cnc(N)nc4)nc3)C3CC3)no2)cn1. The van der Waals surface area contributed by atoms with E-state index in [1.54, 1.807) is 29.5 Å². The number of carbonyl (C=O) groups excluding carboxylic acids is 1. The van der Waals surface area contributed by atoms with Crippen LogP contribution in [-0.4, -0.2) is 46.3 Å². The molecule has 0 spiro atoms. The maximum atomic E-state index is 12.2. The lowest BCUT2D eigenvalue weighted by molar-refractivity contribution is -0.123. The first-order valence-corrected chi connectivity index (χ1v) is 11.8. The normalized spacial score (nSPS) is 15.4. The van der Waals surface area contributed by atoms with Crippen molar-refractivity contribution in [3.63, 3.8) is 0 Å². The Labute approximate surface area is 208 Å². The lowest BCUT2D eigenvalue weighted by Crippen LogP contribution is -2.42. The molecule has 4 aromatic heterocycles. The molecule has 11 nitrogen and oxygen atoms in total. The first-order valence-electron chi connectivity index (χ1n) is 11.8. The second-order valence-electron chi connectivity index (χ2n) is 10.4. The van der Waals surface area contributed by atoms with Crippen LogP contribution in [0.15, 0.2) is 47.6 Å². The molecule has 36 heavy (non-hydrogen) atoms. The number of pyridine rings is 1. The van der Waals surface area contributed by atoms with Crippen LogP contribution in [0.3, 0.4) is 0 Å². The predicted octanol–water partition coefficient (Wildman–Crippen LogP) is 3.00. The van der Waals surface area contributed by atoms with Gasteiger partial charge in [-0.15, -0.1) is 0 Å². The number of carbonyl (C=O) groups is 1. The van der Waals surface area contributed by atoms with E-state index in [2.05, 4.69) is 37.4 Å². The van der Waals surface area contributed by atoms with Crippen molar-refractivity contribution >= 4 is 11.9 Å². The molecule has 1 saturated carbocycles. The highest BCUT2D eigenvalue weighted by Crippen LogP contribution is 2.50. The minimum atomic E-state index is -0.451. The summed E-state index contributed by atoms with van der Waals surface area (Å²) in [5.41, 5.74) is 8.05. The zero-order chi connectivity index (χ0) is 25.5. The van der Waals surface area contributed by atoms with Crippen LogP contribution < -0.4 is 11.1 Å². The molecule has 4 aromatic rings. The highest BCUT2D eigenvalue weighted by Gasteiger charge is 2.47. The zero-order valence-electron chi connectivity index (χ0n) is 20.8. The number of anilines is 1. The second kappa shape index (κ2) is 8.81. The lowest BCUT2D eigenvalue weighted by atomic mass is 9.77. The molecule has 0 aliphatic heterocycles. The molecule has 0 aromatic carbocycles. The molecule has 4 heterocycles. The third-order valence-electron chi connectivity index (χ3n) is 6.32. The second-order valence-corrected chi connectivity index (χ2v) is 10.4. The maximum absolute atomic E-state index is 12.2. The lowest BCUT2D eigenvalue weighted by Gasteiger charge is -2.26. The molecule has 0 bridgehead atoms. The predicted molar refractivity (Wildman–Crippen MR) is 132 cm³/mol. The molecule has 11 heteroatoms. The first-order chi connectivity index (χ1) is 17.1. The van der Waals surface area contributed by atoms with Gasteiger partial charge in [-0.25, -0.2) is 9.97 Å². The van der Waals surface area contributed by atoms with Crippen LogP contribution in [0.2, 0.25) is 0 Å². The summed E-state index contributed by atoms with van der Waals surface area (Å²) in [6.45, 7) is 8.04. The van der Waals surface area contributed by atoms with Crippen molar-refractivity contribution < 1.29 is 9.32 Å².